The highest BCUT2D eigenvalue weighted by Crippen LogP contribution is 2.23. The molecule has 3 N–H and O–H groups in total. The Balaban J connectivity index is 1.72. The number of benzene rings is 2. The van der Waals surface area contributed by atoms with E-state index < -0.39 is 17.6 Å². The number of carbonyl (C=O) groups excluding carboxylic acids is 2. The summed E-state index contributed by atoms with van der Waals surface area (Å²) in [5.74, 6) is -1.04. The molecule has 2 aromatic carbocycles. The molecule has 0 aliphatic heterocycles. The Labute approximate surface area is 179 Å². The Morgan fingerprint density at radius 1 is 1.03 bits per heavy atom. The van der Waals surface area contributed by atoms with Crippen LogP contribution in [0.15, 0.2) is 60.9 Å². The van der Waals surface area contributed by atoms with E-state index in [0.717, 1.165) is 3.57 Å². The molecule has 0 fully saturated rings. The molecule has 0 atom stereocenters. The number of ether oxygens (including phenoxy) is 1. The molecule has 0 unspecified atom stereocenters. The van der Waals surface area contributed by atoms with Gasteiger partial charge in [0.05, 0.1) is 30.2 Å². The number of amides is 2. The van der Waals surface area contributed by atoms with Crippen molar-refractivity contribution in [1.29, 1.82) is 0 Å². The standard InChI is InChI=1S/C20H16FIN4O3/c1-29-14-4-2-3-12(9-14)19(27)25-26-20(28)15-7-8-23-11-18(15)24-17-6-5-13(22)10-16(17)21/h2-11,24H,1H3,(H,25,27)(H,26,28). The van der Waals surface area contributed by atoms with Gasteiger partial charge in [-0.05, 0) is 65.1 Å². The van der Waals surface area contributed by atoms with Crippen LogP contribution in [0.25, 0.3) is 0 Å². The summed E-state index contributed by atoms with van der Waals surface area (Å²) >= 11 is 2.00. The van der Waals surface area contributed by atoms with Crippen LogP contribution in [0.2, 0.25) is 0 Å². The molecule has 7 nitrogen and oxygen atoms in total. The summed E-state index contributed by atoms with van der Waals surface area (Å²) in [6.07, 6.45) is 2.82. The van der Waals surface area contributed by atoms with Gasteiger partial charge in [0.15, 0.2) is 0 Å². The molecule has 148 valence electrons. The first-order valence-corrected chi connectivity index (χ1v) is 9.46. The summed E-state index contributed by atoms with van der Waals surface area (Å²) in [6, 6.07) is 12.6. The van der Waals surface area contributed by atoms with Crippen molar-refractivity contribution in [3.05, 3.63) is 81.4 Å². The average molecular weight is 506 g/mol. The van der Waals surface area contributed by atoms with Crippen LogP contribution in [0.3, 0.4) is 0 Å². The Hall–Kier alpha value is -3.21. The van der Waals surface area contributed by atoms with Gasteiger partial charge in [-0.3, -0.25) is 25.4 Å². The van der Waals surface area contributed by atoms with Crippen LogP contribution in [-0.2, 0) is 0 Å². The van der Waals surface area contributed by atoms with Crippen molar-refractivity contribution < 1.29 is 18.7 Å². The summed E-state index contributed by atoms with van der Waals surface area (Å²) in [5.41, 5.74) is 5.68. The molecule has 0 spiro atoms. The van der Waals surface area contributed by atoms with Crippen LogP contribution in [0, 0.1) is 9.39 Å². The van der Waals surface area contributed by atoms with Gasteiger partial charge in [0.1, 0.15) is 11.6 Å². The monoisotopic (exact) mass is 506 g/mol. The first-order valence-electron chi connectivity index (χ1n) is 8.39. The molecule has 0 bridgehead atoms. The highest BCUT2D eigenvalue weighted by molar-refractivity contribution is 14.1. The van der Waals surface area contributed by atoms with E-state index in [1.165, 1.54) is 31.6 Å². The molecule has 0 saturated heterocycles. The Kier molecular flexibility index (Phi) is 6.60. The summed E-state index contributed by atoms with van der Waals surface area (Å²) < 4.78 is 19.9. The molecule has 1 aromatic heterocycles. The summed E-state index contributed by atoms with van der Waals surface area (Å²) in [5, 5.41) is 2.85. The van der Waals surface area contributed by atoms with Gasteiger partial charge in [-0.1, -0.05) is 6.07 Å². The van der Waals surface area contributed by atoms with E-state index in [9.17, 15) is 14.0 Å². The van der Waals surface area contributed by atoms with Gasteiger partial charge in [-0.15, -0.1) is 0 Å². The molecule has 0 radical (unpaired) electrons. The lowest BCUT2D eigenvalue weighted by molar-refractivity contribution is 0.0847. The Morgan fingerprint density at radius 3 is 2.59 bits per heavy atom. The minimum atomic E-state index is -0.586. The second-order valence-electron chi connectivity index (χ2n) is 5.81. The highest BCUT2D eigenvalue weighted by Gasteiger charge is 2.15. The number of carbonyl (C=O) groups is 2. The van der Waals surface area contributed by atoms with Crippen molar-refractivity contribution in [2.24, 2.45) is 0 Å². The zero-order chi connectivity index (χ0) is 20.8. The molecule has 0 saturated carbocycles. The molecule has 1 heterocycles. The lowest BCUT2D eigenvalue weighted by Gasteiger charge is -2.13. The fourth-order valence-electron chi connectivity index (χ4n) is 2.45. The first kappa shape index (κ1) is 20.5. The number of nitrogens with zero attached hydrogens (tertiary/aromatic N) is 1. The number of rotatable bonds is 5. The lowest BCUT2D eigenvalue weighted by Crippen LogP contribution is -2.41. The van der Waals surface area contributed by atoms with E-state index in [2.05, 4.69) is 21.2 Å². The molecule has 9 heteroatoms. The van der Waals surface area contributed by atoms with Crippen LogP contribution in [0.5, 0.6) is 5.75 Å². The second-order valence-corrected chi connectivity index (χ2v) is 7.06. The average Bonchev–Trinajstić information content (AvgIpc) is 2.74. The molecule has 3 rings (SSSR count). The number of nitrogens with one attached hydrogen (secondary N) is 3. The van der Waals surface area contributed by atoms with Crippen LogP contribution in [-0.4, -0.2) is 23.9 Å². The van der Waals surface area contributed by atoms with Gasteiger partial charge >= 0.3 is 0 Å². The molecule has 29 heavy (non-hydrogen) atoms. The molecule has 0 aliphatic carbocycles. The van der Waals surface area contributed by atoms with Crippen LogP contribution in [0.1, 0.15) is 20.7 Å². The van der Waals surface area contributed by atoms with Gasteiger partial charge in [-0.2, -0.15) is 0 Å². The van der Waals surface area contributed by atoms with Crippen molar-refractivity contribution in [3.63, 3.8) is 0 Å². The predicted octanol–water partition coefficient (Wildman–Crippen LogP) is 3.65. The highest BCUT2D eigenvalue weighted by atomic mass is 127. The Bertz CT molecular complexity index is 1060. The van der Waals surface area contributed by atoms with Crippen LogP contribution < -0.4 is 20.9 Å². The largest absolute Gasteiger partial charge is 0.497 e. The fraction of sp³-hybridized carbons (Fsp3) is 0.0500. The van der Waals surface area contributed by atoms with Crippen LogP contribution in [0.4, 0.5) is 15.8 Å². The summed E-state index contributed by atoms with van der Waals surface area (Å²) in [6.45, 7) is 0. The van der Waals surface area contributed by atoms with E-state index in [1.54, 1.807) is 36.4 Å². The third kappa shape index (κ3) is 5.19. The van der Waals surface area contributed by atoms with E-state index >= 15 is 0 Å². The van der Waals surface area contributed by atoms with Crippen molar-refractivity contribution >= 4 is 45.8 Å². The number of halogens is 2. The van der Waals surface area contributed by atoms with Gasteiger partial charge in [0.25, 0.3) is 11.8 Å². The van der Waals surface area contributed by atoms with E-state index in [4.69, 9.17) is 4.74 Å². The SMILES string of the molecule is COc1cccc(C(=O)NNC(=O)c2ccncc2Nc2ccc(I)cc2F)c1. The maximum absolute atomic E-state index is 14.1. The lowest BCUT2D eigenvalue weighted by atomic mass is 10.2. The number of hydrogen-bond acceptors (Lipinski definition) is 5. The quantitative estimate of drug-likeness (QED) is 0.363. The molecular weight excluding hydrogens is 490 g/mol. The van der Waals surface area contributed by atoms with E-state index in [-0.39, 0.29) is 11.3 Å². The minimum Gasteiger partial charge on any atom is -0.497 e. The third-order valence-corrected chi connectivity index (χ3v) is 4.56. The number of hydrazine groups is 1. The molecule has 2 amide bonds. The van der Waals surface area contributed by atoms with Crippen molar-refractivity contribution in [2.45, 2.75) is 0 Å². The zero-order valence-corrected chi connectivity index (χ0v) is 17.4. The molecule has 3 aromatic rings. The van der Waals surface area contributed by atoms with Crippen LogP contribution >= 0.6 is 22.6 Å². The normalized spacial score (nSPS) is 10.2. The summed E-state index contributed by atoms with van der Waals surface area (Å²) in [4.78, 5) is 28.7. The van der Waals surface area contributed by atoms with Crippen molar-refractivity contribution in [1.82, 2.24) is 15.8 Å². The van der Waals surface area contributed by atoms with Gasteiger partial charge in [-0.25, -0.2) is 4.39 Å². The topological polar surface area (TPSA) is 92.4 Å². The van der Waals surface area contributed by atoms with Crippen molar-refractivity contribution in [2.75, 3.05) is 12.4 Å². The maximum Gasteiger partial charge on any atom is 0.271 e. The number of anilines is 2. The fourth-order valence-corrected chi connectivity index (χ4v) is 2.90. The van der Waals surface area contributed by atoms with E-state index in [0.29, 0.717) is 17.0 Å². The summed E-state index contributed by atoms with van der Waals surface area (Å²) in [7, 11) is 1.49. The number of pyridine rings is 1. The van der Waals surface area contributed by atoms with Gasteiger partial charge in [0.2, 0.25) is 0 Å². The molecule has 0 aliphatic rings. The maximum atomic E-state index is 14.1. The molecular formula is C20H16FIN4O3. The predicted molar refractivity (Wildman–Crippen MR) is 115 cm³/mol. The smallest absolute Gasteiger partial charge is 0.271 e. The van der Waals surface area contributed by atoms with Crippen molar-refractivity contribution in [3.8, 4) is 5.75 Å². The second kappa shape index (κ2) is 9.32. The minimum absolute atomic E-state index is 0.184. The third-order valence-electron chi connectivity index (χ3n) is 3.89. The number of hydrogen-bond donors (Lipinski definition) is 3. The van der Waals surface area contributed by atoms with E-state index in [1.807, 2.05) is 22.6 Å². The zero-order valence-electron chi connectivity index (χ0n) is 15.2. The Morgan fingerprint density at radius 2 is 1.83 bits per heavy atom. The number of methoxy groups -OCH3 is 1. The first-order chi connectivity index (χ1) is 14.0. The van der Waals surface area contributed by atoms with Gasteiger partial charge < -0.3 is 10.1 Å². The number of aromatic nitrogens is 1. The van der Waals surface area contributed by atoms with Gasteiger partial charge in [0, 0.05) is 15.3 Å².